The molecule has 2 nitrogen and oxygen atoms in total. The average molecular weight is 199 g/mol. The third-order valence-electron chi connectivity index (χ3n) is 2.88. The first-order valence-corrected chi connectivity index (χ1v) is 6.04. The van der Waals surface area contributed by atoms with Gasteiger partial charge in [-0.05, 0) is 51.1 Å². The second kappa shape index (κ2) is 6.41. The van der Waals surface area contributed by atoms with Gasteiger partial charge in [0.2, 0.25) is 0 Å². The Balaban J connectivity index is 1.86. The largest absolute Gasteiger partial charge is 0.378 e. The van der Waals surface area contributed by atoms with Crippen molar-refractivity contribution in [1.29, 1.82) is 0 Å². The van der Waals surface area contributed by atoms with Crippen molar-refractivity contribution < 1.29 is 4.74 Å². The molecule has 1 rings (SSSR count). The summed E-state index contributed by atoms with van der Waals surface area (Å²) in [5.41, 5.74) is 0. The van der Waals surface area contributed by atoms with E-state index >= 15 is 0 Å². The van der Waals surface area contributed by atoms with Crippen LogP contribution in [0.3, 0.4) is 0 Å². The predicted octanol–water partition coefficient (Wildman–Crippen LogP) is 2.44. The molecule has 1 fully saturated rings. The van der Waals surface area contributed by atoms with E-state index in [1.807, 2.05) is 0 Å². The van der Waals surface area contributed by atoms with Crippen LogP contribution in [0.25, 0.3) is 0 Å². The molecule has 1 N–H and O–H groups in total. The van der Waals surface area contributed by atoms with E-state index in [2.05, 4.69) is 26.1 Å². The maximum Gasteiger partial charge on any atom is 0.0580 e. The van der Waals surface area contributed by atoms with Crippen LogP contribution < -0.4 is 5.32 Å². The molecule has 0 heterocycles. The number of hydrogen-bond donors (Lipinski definition) is 1. The molecular formula is C12H25NO. The minimum Gasteiger partial charge on any atom is -0.378 e. The van der Waals surface area contributed by atoms with Gasteiger partial charge >= 0.3 is 0 Å². The standard InChI is InChI=1S/C12H25NO/c1-4-14-12-7-11(8-12)5-6-13-9-10(2)3/h10-13H,4-9H2,1-3H3. The molecule has 0 unspecified atom stereocenters. The molecule has 14 heavy (non-hydrogen) atoms. The maximum absolute atomic E-state index is 5.53. The molecule has 0 aliphatic heterocycles. The summed E-state index contributed by atoms with van der Waals surface area (Å²) in [6.07, 6.45) is 4.49. The van der Waals surface area contributed by atoms with Crippen molar-refractivity contribution in [3.8, 4) is 0 Å². The van der Waals surface area contributed by atoms with E-state index in [1.54, 1.807) is 0 Å². The molecule has 2 heteroatoms. The van der Waals surface area contributed by atoms with Crippen LogP contribution in [0.15, 0.2) is 0 Å². The third-order valence-corrected chi connectivity index (χ3v) is 2.88. The summed E-state index contributed by atoms with van der Waals surface area (Å²) in [4.78, 5) is 0. The van der Waals surface area contributed by atoms with Gasteiger partial charge in [0.15, 0.2) is 0 Å². The van der Waals surface area contributed by atoms with Gasteiger partial charge in [-0.1, -0.05) is 13.8 Å². The van der Waals surface area contributed by atoms with Crippen LogP contribution in [0.4, 0.5) is 0 Å². The van der Waals surface area contributed by atoms with Crippen LogP contribution in [0.1, 0.15) is 40.0 Å². The Morgan fingerprint density at radius 2 is 2.07 bits per heavy atom. The molecule has 1 aliphatic rings. The molecule has 0 aromatic carbocycles. The van der Waals surface area contributed by atoms with Crippen molar-refractivity contribution in [1.82, 2.24) is 5.32 Å². The Morgan fingerprint density at radius 1 is 1.36 bits per heavy atom. The fourth-order valence-electron chi connectivity index (χ4n) is 1.98. The molecule has 0 aromatic heterocycles. The second-order valence-corrected chi connectivity index (χ2v) is 4.80. The normalized spacial score (nSPS) is 26.6. The van der Waals surface area contributed by atoms with Gasteiger partial charge in [-0.3, -0.25) is 0 Å². The Morgan fingerprint density at radius 3 is 2.64 bits per heavy atom. The summed E-state index contributed by atoms with van der Waals surface area (Å²) in [6.45, 7) is 9.80. The first-order chi connectivity index (χ1) is 6.72. The van der Waals surface area contributed by atoms with E-state index in [9.17, 15) is 0 Å². The quantitative estimate of drug-likeness (QED) is 0.636. The minimum absolute atomic E-state index is 0.579. The number of nitrogens with one attached hydrogen (secondary N) is 1. The van der Waals surface area contributed by atoms with E-state index in [0.29, 0.717) is 6.10 Å². The highest BCUT2D eigenvalue weighted by molar-refractivity contribution is 4.80. The Bertz CT molecular complexity index is 141. The molecule has 0 spiro atoms. The summed E-state index contributed by atoms with van der Waals surface area (Å²) in [5.74, 6) is 1.69. The lowest BCUT2D eigenvalue weighted by molar-refractivity contribution is -0.0263. The molecule has 0 radical (unpaired) electrons. The maximum atomic E-state index is 5.53. The lowest BCUT2D eigenvalue weighted by atomic mass is 9.80. The predicted molar refractivity (Wildman–Crippen MR) is 60.5 cm³/mol. The van der Waals surface area contributed by atoms with Gasteiger partial charge in [-0.2, -0.15) is 0 Å². The van der Waals surface area contributed by atoms with Crippen molar-refractivity contribution in [2.24, 2.45) is 11.8 Å². The van der Waals surface area contributed by atoms with Crippen LogP contribution in [-0.4, -0.2) is 25.8 Å². The fraction of sp³-hybridized carbons (Fsp3) is 1.00. The molecule has 0 atom stereocenters. The zero-order chi connectivity index (χ0) is 10.4. The Labute approximate surface area is 88.4 Å². The van der Waals surface area contributed by atoms with Crippen molar-refractivity contribution in [3.63, 3.8) is 0 Å². The van der Waals surface area contributed by atoms with Gasteiger partial charge in [-0.25, -0.2) is 0 Å². The smallest absolute Gasteiger partial charge is 0.0580 e. The van der Waals surface area contributed by atoms with Gasteiger partial charge < -0.3 is 10.1 Å². The van der Waals surface area contributed by atoms with Crippen LogP contribution in [0.5, 0.6) is 0 Å². The molecular weight excluding hydrogens is 174 g/mol. The van der Waals surface area contributed by atoms with E-state index in [1.165, 1.54) is 25.8 Å². The zero-order valence-electron chi connectivity index (χ0n) is 9.88. The van der Waals surface area contributed by atoms with Gasteiger partial charge in [-0.15, -0.1) is 0 Å². The van der Waals surface area contributed by atoms with E-state index < -0.39 is 0 Å². The number of rotatable bonds is 7. The fourth-order valence-corrected chi connectivity index (χ4v) is 1.98. The summed E-state index contributed by atoms with van der Waals surface area (Å²) >= 11 is 0. The van der Waals surface area contributed by atoms with Gasteiger partial charge in [0.1, 0.15) is 0 Å². The molecule has 1 saturated carbocycles. The van der Waals surface area contributed by atoms with E-state index in [-0.39, 0.29) is 0 Å². The van der Waals surface area contributed by atoms with E-state index in [0.717, 1.165) is 25.0 Å². The van der Waals surface area contributed by atoms with Gasteiger partial charge in [0.05, 0.1) is 6.10 Å². The SMILES string of the molecule is CCOC1CC(CCNCC(C)C)C1. The topological polar surface area (TPSA) is 21.3 Å². The highest BCUT2D eigenvalue weighted by Crippen LogP contribution is 2.32. The van der Waals surface area contributed by atoms with Crippen molar-refractivity contribution in [2.75, 3.05) is 19.7 Å². The van der Waals surface area contributed by atoms with Crippen molar-refractivity contribution in [3.05, 3.63) is 0 Å². The van der Waals surface area contributed by atoms with E-state index in [4.69, 9.17) is 4.74 Å². The highest BCUT2D eigenvalue weighted by Gasteiger charge is 2.28. The van der Waals surface area contributed by atoms with Crippen molar-refractivity contribution >= 4 is 0 Å². The second-order valence-electron chi connectivity index (χ2n) is 4.80. The molecule has 0 bridgehead atoms. The van der Waals surface area contributed by atoms with Crippen molar-refractivity contribution in [2.45, 2.75) is 46.1 Å². The van der Waals surface area contributed by atoms with Crippen LogP contribution in [-0.2, 0) is 4.74 Å². The Hall–Kier alpha value is -0.0800. The Kier molecular flexibility index (Phi) is 5.49. The first-order valence-electron chi connectivity index (χ1n) is 6.04. The summed E-state index contributed by atoms with van der Waals surface area (Å²) in [5, 5.41) is 3.49. The third kappa shape index (κ3) is 4.43. The van der Waals surface area contributed by atoms with Crippen LogP contribution in [0.2, 0.25) is 0 Å². The monoisotopic (exact) mass is 199 g/mol. The van der Waals surface area contributed by atoms with Crippen LogP contribution in [0, 0.1) is 11.8 Å². The summed E-state index contributed by atoms with van der Waals surface area (Å²) in [6, 6.07) is 0. The average Bonchev–Trinajstić information content (AvgIpc) is 2.06. The molecule has 84 valence electrons. The minimum atomic E-state index is 0.579. The van der Waals surface area contributed by atoms with Gasteiger partial charge in [0.25, 0.3) is 0 Å². The highest BCUT2D eigenvalue weighted by atomic mass is 16.5. The summed E-state index contributed by atoms with van der Waals surface area (Å²) in [7, 11) is 0. The lowest BCUT2D eigenvalue weighted by Crippen LogP contribution is -2.34. The molecule has 1 aliphatic carbocycles. The molecule has 0 aromatic rings. The van der Waals surface area contributed by atoms with Crippen LogP contribution >= 0.6 is 0 Å². The molecule has 0 amide bonds. The summed E-state index contributed by atoms with van der Waals surface area (Å²) < 4.78 is 5.53. The molecule has 0 saturated heterocycles. The number of ether oxygens (including phenoxy) is 1. The zero-order valence-corrected chi connectivity index (χ0v) is 9.88. The lowest BCUT2D eigenvalue weighted by Gasteiger charge is -2.35. The number of hydrogen-bond acceptors (Lipinski definition) is 2. The first kappa shape index (κ1) is 12.0. The van der Waals surface area contributed by atoms with Gasteiger partial charge in [0, 0.05) is 6.61 Å².